The first-order valence-electron chi connectivity index (χ1n) is 16.1. The third-order valence-corrected chi connectivity index (χ3v) is 12.5. The minimum absolute atomic E-state index is 0.0206. The molecule has 0 saturated heterocycles. The van der Waals surface area contributed by atoms with E-state index in [1.807, 2.05) is 54.6 Å². The molecule has 4 N–H and O–H groups in total. The molecular formula is C38H33F5N6OPS2+. The molecule has 0 aromatic heterocycles. The zero-order chi connectivity index (χ0) is 37.8. The Morgan fingerprint density at radius 1 is 0.585 bits per heavy atom. The van der Waals surface area contributed by atoms with Crippen molar-refractivity contribution in [1.82, 2.24) is 21.5 Å². The summed E-state index contributed by atoms with van der Waals surface area (Å²) >= 11 is 10.5. The van der Waals surface area contributed by atoms with Crippen LogP contribution in [0.2, 0.25) is 0 Å². The number of thiocarbonyl (C=S) groups is 2. The summed E-state index contributed by atoms with van der Waals surface area (Å²) in [6.07, 6.45) is 0.395. The molecule has 0 bridgehead atoms. The molecule has 0 amide bonds. The second-order valence-corrected chi connectivity index (χ2v) is 15.4. The van der Waals surface area contributed by atoms with Gasteiger partial charge >= 0.3 is 0 Å². The number of nitrogens with zero attached hydrogens (tertiary/aromatic N) is 2. The van der Waals surface area contributed by atoms with Gasteiger partial charge in [-0.3, -0.25) is 10.9 Å². The van der Waals surface area contributed by atoms with Crippen LogP contribution in [0.5, 0.6) is 0 Å². The van der Waals surface area contributed by atoms with Gasteiger partial charge in [-0.15, -0.1) is 0 Å². The molecule has 53 heavy (non-hydrogen) atoms. The Labute approximate surface area is 314 Å². The fourth-order valence-electron chi connectivity index (χ4n) is 5.36. The molecule has 0 spiro atoms. The Morgan fingerprint density at radius 3 is 1.47 bits per heavy atom. The number of ether oxygens (including phenoxy) is 1. The molecule has 7 nitrogen and oxygen atoms in total. The van der Waals surface area contributed by atoms with Crippen molar-refractivity contribution in [2.75, 3.05) is 26.5 Å². The number of rotatable bonds is 13. The SMILES string of the molecule is CNC(=S)NN=C(C(=NNC(=S)NCCOC[P+](c1ccccc1)(c1ccccc1)c1ccccc1)c1ccccc1)c1c(F)c(F)c(F)c(F)c1F. The number of hydrazone groups is 2. The van der Waals surface area contributed by atoms with E-state index in [4.69, 9.17) is 29.2 Å². The highest BCUT2D eigenvalue weighted by molar-refractivity contribution is 7.95. The molecule has 0 fully saturated rings. The van der Waals surface area contributed by atoms with Crippen molar-refractivity contribution in [3.05, 3.63) is 162 Å². The average Bonchev–Trinajstić information content (AvgIpc) is 3.20. The normalized spacial score (nSPS) is 11.9. The number of nitrogens with one attached hydrogen (secondary N) is 4. The third-order valence-electron chi connectivity index (χ3n) is 7.89. The fourth-order valence-corrected chi connectivity index (χ4v) is 9.34. The molecule has 0 heterocycles. The van der Waals surface area contributed by atoms with E-state index in [0.717, 1.165) is 15.9 Å². The van der Waals surface area contributed by atoms with Crippen LogP contribution in [0.1, 0.15) is 11.1 Å². The quantitative estimate of drug-likeness (QED) is 0.0170. The van der Waals surface area contributed by atoms with Gasteiger partial charge in [0.05, 0.1) is 12.2 Å². The van der Waals surface area contributed by atoms with Crippen molar-refractivity contribution in [2.24, 2.45) is 10.2 Å². The van der Waals surface area contributed by atoms with Crippen LogP contribution in [0.15, 0.2) is 132 Å². The van der Waals surface area contributed by atoms with Gasteiger partial charge in [-0.2, -0.15) is 10.2 Å². The molecule has 0 saturated carbocycles. The highest BCUT2D eigenvalue weighted by atomic mass is 32.1. The maximum atomic E-state index is 15.2. The summed E-state index contributed by atoms with van der Waals surface area (Å²) in [6, 6.07) is 38.5. The summed E-state index contributed by atoms with van der Waals surface area (Å²) in [4.78, 5) is 0. The Bertz CT molecular complexity index is 1970. The van der Waals surface area contributed by atoms with E-state index < -0.39 is 47.6 Å². The number of hydrogen-bond acceptors (Lipinski definition) is 5. The summed E-state index contributed by atoms with van der Waals surface area (Å²) in [7, 11) is -0.802. The molecule has 0 aliphatic rings. The van der Waals surface area contributed by atoms with Gasteiger partial charge in [-0.25, -0.2) is 22.0 Å². The van der Waals surface area contributed by atoms with Crippen LogP contribution in [0.25, 0.3) is 0 Å². The Hall–Kier alpha value is -5.14. The van der Waals surface area contributed by atoms with Gasteiger partial charge in [0.15, 0.2) is 39.8 Å². The van der Waals surface area contributed by atoms with Crippen LogP contribution in [0.3, 0.4) is 0 Å². The van der Waals surface area contributed by atoms with E-state index >= 15 is 8.78 Å². The predicted octanol–water partition coefficient (Wildman–Crippen LogP) is 6.02. The standard InChI is InChI=1S/C38H32F5N6OPS2/c1-44-37(52)48-47-36(29-30(39)32(41)34(43)33(42)31(29)40)35(25-14-6-2-7-15-25)46-49-38(53)45-22-23-50-24-51(26-16-8-3-9-17-26,27-18-10-4-11-19-27)28-20-12-5-13-21-28/h2-21H,22-24H2,1H3,(H3-,44,45,46,47,48,49,52,53)/p+1. The monoisotopic (exact) mass is 779 g/mol. The minimum Gasteiger partial charge on any atom is -0.364 e. The van der Waals surface area contributed by atoms with E-state index in [2.05, 4.69) is 68.1 Å². The molecule has 5 aromatic carbocycles. The van der Waals surface area contributed by atoms with E-state index in [9.17, 15) is 13.2 Å². The second-order valence-electron chi connectivity index (χ2n) is 11.1. The molecule has 0 radical (unpaired) electrons. The van der Waals surface area contributed by atoms with Gasteiger partial charge in [0.1, 0.15) is 34.6 Å². The van der Waals surface area contributed by atoms with Gasteiger partial charge in [0.25, 0.3) is 0 Å². The largest absolute Gasteiger partial charge is 0.364 e. The zero-order valence-corrected chi connectivity index (χ0v) is 30.7. The summed E-state index contributed by atoms with van der Waals surface area (Å²) in [5.74, 6) is -10.8. The summed E-state index contributed by atoms with van der Waals surface area (Å²) in [5.41, 5.74) is 2.74. The number of halogens is 5. The molecule has 5 aromatic rings. The van der Waals surface area contributed by atoms with E-state index in [1.165, 1.54) is 19.2 Å². The maximum absolute atomic E-state index is 15.2. The second kappa shape index (κ2) is 18.6. The van der Waals surface area contributed by atoms with Crippen LogP contribution < -0.4 is 37.4 Å². The summed E-state index contributed by atoms with van der Waals surface area (Å²) < 4.78 is 79.5. The molecule has 272 valence electrons. The number of hydrogen-bond donors (Lipinski definition) is 4. The van der Waals surface area contributed by atoms with Gasteiger partial charge < -0.3 is 15.4 Å². The highest BCUT2D eigenvalue weighted by Gasteiger charge is 2.45. The first-order valence-corrected chi connectivity index (χ1v) is 18.8. The van der Waals surface area contributed by atoms with Crippen molar-refractivity contribution in [3.63, 3.8) is 0 Å². The molecule has 0 aliphatic carbocycles. The predicted molar refractivity (Wildman–Crippen MR) is 210 cm³/mol. The summed E-state index contributed by atoms with van der Waals surface area (Å²) in [6.45, 7) is 0.463. The maximum Gasteiger partial charge on any atom is 0.200 e. The smallest absolute Gasteiger partial charge is 0.200 e. The third kappa shape index (κ3) is 9.09. The molecule has 0 atom stereocenters. The Balaban J connectivity index is 1.38. The Morgan fingerprint density at radius 2 is 1.00 bits per heavy atom. The van der Waals surface area contributed by atoms with Crippen LogP contribution >= 0.6 is 31.7 Å². The first-order chi connectivity index (χ1) is 25.7. The van der Waals surface area contributed by atoms with Crippen LogP contribution in [0, 0.1) is 29.1 Å². The fraction of sp³-hybridized carbons (Fsp3) is 0.105. The van der Waals surface area contributed by atoms with Gasteiger partial charge in [0, 0.05) is 19.2 Å². The Kier molecular flexibility index (Phi) is 13.7. The van der Waals surface area contributed by atoms with Crippen molar-refractivity contribution in [1.29, 1.82) is 0 Å². The topological polar surface area (TPSA) is 82.1 Å². The van der Waals surface area contributed by atoms with Crippen molar-refractivity contribution in [3.8, 4) is 0 Å². The van der Waals surface area contributed by atoms with Crippen LogP contribution in [0.4, 0.5) is 22.0 Å². The van der Waals surface area contributed by atoms with Gasteiger partial charge in [-0.05, 0) is 60.8 Å². The van der Waals surface area contributed by atoms with Crippen molar-refractivity contribution in [2.45, 2.75) is 0 Å². The van der Waals surface area contributed by atoms with Crippen LogP contribution in [-0.2, 0) is 4.74 Å². The van der Waals surface area contributed by atoms with Gasteiger partial charge in [-0.1, -0.05) is 84.9 Å². The number of benzene rings is 5. The molecule has 5 rings (SSSR count). The average molecular weight is 780 g/mol. The zero-order valence-electron chi connectivity index (χ0n) is 28.1. The minimum atomic E-state index is -2.32. The lowest BCUT2D eigenvalue weighted by molar-refractivity contribution is 0.185. The molecule has 0 aliphatic heterocycles. The van der Waals surface area contributed by atoms with Crippen molar-refractivity contribution >= 4 is 69.3 Å². The lowest BCUT2D eigenvalue weighted by atomic mass is 9.98. The molecule has 0 unspecified atom stereocenters. The molecule has 15 heteroatoms. The lowest BCUT2D eigenvalue weighted by Crippen LogP contribution is -2.38. The lowest BCUT2D eigenvalue weighted by Gasteiger charge is -2.27. The van der Waals surface area contributed by atoms with E-state index in [-0.39, 0.29) is 34.7 Å². The van der Waals surface area contributed by atoms with Crippen LogP contribution in [-0.4, -0.2) is 48.2 Å². The highest BCUT2D eigenvalue weighted by Crippen LogP contribution is 2.55. The summed E-state index contributed by atoms with van der Waals surface area (Å²) in [5, 5.41) is 17.0. The van der Waals surface area contributed by atoms with E-state index in [0.29, 0.717) is 6.35 Å². The van der Waals surface area contributed by atoms with Gasteiger partial charge in [0.2, 0.25) is 5.82 Å². The molecular weight excluding hydrogens is 747 g/mol. The van der Waals surface area contributed by atoms with Crippen molar-refractivity contribution < 1.29 is 26.7 Å². The van der Waals surface area contributed by atoms with E-state index in [1.54, 1.807) is 18.2 Å². The first kappa shape index (κ1) is 39.1.